The van der Waals surface area contributed by atoms with Crippen molar-refractivity contribution in [2.75, 3.05) is 0 Å². The number of carboxylic acid groups (broad SMARTS) is 1. The Morgan fingerprint density at radius 1 is 1.40 bits per heavy atom. The minimum atomic E-state index is -1.26. The Bertz CT molecular complexity index is 140. The lowest BCUT2D eigenvalue weighted by atomic mass is 10.00. The van der Waals surface area contributed by atoms with Crippen LogP contribution in [0, 0.1) is 5.92 Å². The highest BCUT2D eigenvalue weighted by molar-refractivity contribution is 5.97. The predicted octanol–water partition coefficient (Wildman–Crippen LogP) is -0.258. The molecule has 0 heterocycles. The second kappa shape index (κ2) is 4.04. The highest BCUT2D eigenvalue weighted by Crippen LogP contribution is 2.04. The molecular formula is C7H11O3-. The molecule has 0 aliphatic heterocycles. The number of hydrogen-bond donors (Lipinski definition) is 0. The fourth-order valence-corrected chi connectivity index (χ4v) is 0.772. The summed E-state index contributed by atoms with van der Waals surface area (Å²) in [5.74, 6) is -2.40. The smallest absolute Gasteiger partial charge is 0.141 e. The molecule has 0 radical (unpaired) electrons. The van der Waals surface area contributed by atoms with E-state index < -0.39 is 11.9 Å². The zero-order chi connectivity index (χ0) is 8.15. The molecule has 10 heavy (non-hydrogen) atoms. The molecule has 0 aliphatic carbocycles. The van der Waals surface area contributed by atoms with E-state index in [9.17, 15) is 14.7 Å². The van der Waals surface area contributed by atoms with Crippen molar-refractivity contribution in [3.8, 4) is 0 Å². The number of carboxylic acids is 1. The summed E-state index contributed by atoms with van der Waals surface area (Å²) in [6.07, 6.45) is 0.599. The molecule has 0 saturated carbocycles. The van der Waals surface area contributed by atoms with Crippen LogP contribution < -0.4 is 5.11 Å². The van der Waals surface area contributed by atoms with Gasteiger partial charge in [0.2, 0.25) is 0 Å². The van der Waals surface area contributed by atoms with Crippen LogP contribution in [0.4, 0.5) is 0 Å². The molecule has 0 fully saturated rings. The van der Waals surface area contributed by atoms with Crippen LogP contribution in [0.25, 0.3) is 0 Å². The highest BCUT2D eigenvalue weighted by atomic mass is 16.4. The van der Waals surface area contributed by atoms with Crippen LogP contribution in [0.1, 0.15) is 26.7 Å². The van der Waals surface area contributed by atoms with E-state index in [1.54, 1.807) is 13.8 Å². The molecule has 1 atom stereocenters. The third kappa shape index (κ3) is 2.17. The number of Topliss-reactive ketones (excluding diaryl/α,β-unsaturated/α-hetero) is 1. The second-order valence-corrected chi connectivity index (χ2v) is 2.10. The van der Waals surface area contributed by atoms with Crippen molar-refractivity contribution in [2.24, 2.45) is 5.92 Å². The van der Waals surface area contributed by atoms with Gasteiger partial charge in [-0.1, -0.05) is 13.8 Å². The van der Waals surface area contributed by atoms with Gasteiger partial charge in [0.25, 0.3) is 0 Å². The van der Waals surface area contributed by atoms with E-state index in [0.29, 0.717) is 6.42 Å². The zero-order valence-electron chi connectivity index (χ0n) is 6.22. The minimum Gasteiger partial charge on any atom is -0.549 e. The van der Waals surface area contributed by atoms with Gasteiger partial charge in [-0.2, -0.15) is 0 Å². The second-order valence-electron chi connectivity index (χ2n) is 2.10. The zero-order valence-corrected chi connectivity index (χ0v) is 6.22. The predicted molar refractivity (Wildman–Crippen MR) is 34.1 cm³/mol. The lowest BCUT2D eigenvalue weighted by molar-refractivity contribution is -0.310. The molecule has 0 rings (SSSR count). The van der Waals surface area contributed by atoms with Gasteiger partial charge in [0.05, 0.1) is 11.9 Å². The molecule has 1 unspecified atom stereocenters. The average molecular weight is 143 g/mol. The van der Waals surface area contributed by atoms with E-state index in [1.165, 1.54) is 0 Å². The average Bonchev–Trinajstić information content (AvgIpc) is 1.88. The van der Waals surface area contributed by atoms with Gasteiger partial charge in [-0.05, 0) is 6.42 Å². The fourth-order valence-electron chi connectivity index (χ4n) is 0.772. The number of ketones is 1. The third-order valence-corrected chi connectivity index (χ3v) is 1.43. The van der Waals surface area contributed by atoms with Crippen LogP contribution in [0.5, 0.6) is 0 Å². The Kier molecular flexibility index (Phi) is 3.69. The molecule has 0 bridgehead atoms. The topological polar surface area (TPSA) is 57.2 Å². The Morgan fingerprint density at radius 3 is 2.00 bits per heavy atom. The standard InChI is InChI=1S/C7H12O3/c1-3-5(7(9)10)6(8)4-2/h5H,3-4H2,1-2H3,(H,9,10)/p-1. The summed E-state index contributed by atoms with van der Waals surface area (Å²) in [7, 11) is 0. The summed E-state index contributed by atoms with van der Waals surface area (Å²) >= 11 is 0. The Balaban J connectivity index is 4.06. The first kappa shape index (κ1) is 9.14. The number of hydrogen-bond acceptors (Lipinski definition) is 3. The molecule has 3 heteroatoms. The summed E-state index contributed by atoms with van der Waals surface area (Å²) in [6, 6.07) is 0. The third-order valence-electron chi connectivity index (χ3n) is 1.43. The maximum Gasteiger partial charge on any atom is 0.141 e. The quantitative estimate of drug-likeness (QED) is 0.509. The summed E-state index contributed by atoms with van der Waals surface area (Å²) in [6.45, 7) is 3.31. The van der Waals surface area contributed by atoms with Crippen molar-refractivity contribution in [1.82, 2.24) is 0 Å². The molecule has 0 amide bonds. The van der Waals surface area contributed by atoms with Gasteiger partial charge < -0.3 is 9.90 Å². The van der Waals surface area contributed by atoms with Crippen molar-refractivity contribution < 1.29 is 14.7 Å². The van der Waals surface area contributed by atoms with Crippen LogP contribution >= 0.6 is 0 Å². The summed E-state index contributed by atoms with van der Waals surface area (Å²) in [5, 5.41) is 10.2. The van der Waals surface area contributed by atoms with Gasteiger partial charge in [0, 0.05) is 6.42 Å². The van der Waals surface area contributed by atoms with Crippen LogP contribution in [-0.4, -0.2) is 11.8 Å². The summed E-state index contributed by atoms with van der Waals surface area (Å²) in [5.41, 5.74) is 0. The van der Waals surface area contributed by atoms with Gasteiger partial charge in [-0.15, -0.1) is 0 Å². The van der Waals surface area contributed by atoms with Gasteiger partial charge in [0.1, 0.15) is 5.78 Å². The number of aliphatic carboxylic acids is 1. The van der Waals surface area contributed by atoms with Gasteiger partial charge >= 0.3 is 0 Å². The van der Waals surface area contributed by atoms with E-state index >= 15 is 0 Å². The van der Waals surface area contributed by atoms with Gasteiger partial charge in [-0.3, -0.25) is 4.79 Å². The largest absolute Gasteiger partial charge is 0.549 e. The molecule has 58 valence electrons. The molecular weight excluding hydrogens is 132 g/mol. The van der Waals surface area contributed by atoms with Crippen molar-refractivity contribution in [1.29, 1.82) is 0 Å². The first-order chi connectivity index (χ1) is 4.63. The first-order valence-electron chi connectivity index (χ1n) is 3.37. The molecule has 0 aromatic rings. The maximum absolute atomic E-state index is 10.8. The molecule has 0 aliphatic rings. The molecule has 0 N–H and O–H groups in total. The highest BCUT2D eigenvalue weighted by Gasteiger charge is 2.14. The number of carbonyl (C=O) groups excluding carboxylic acids is 2. The van der Waals surface area contributed by atoms with Crippen LogP contribution in [0.15, 0.2) is 0 Å². The monoisotopic (exact) mass is 143 g/mol. The maximum atomic E-state index is 10.8. The lowest BCUT2D eigenvalue weighted by Gasteiger charge is -2.12. The van der Waals surface area contributed by atoms with Gasteiger partial charge in [-0.25, -0.2) is 0 Å². The number of carbonyl (C=O) groups is 2. The Morgan fingerprint density at radius 2 is 1.90 bits per heavy atom. The van der Waals surface area contributed by atoms with Crippen molar-refractivity contribution >= 4 is 11.8 Å². The van der Waals surface area contributed by atoms with Crippen LogP contribution in [0.2, 0.25) is 0 Å². The molecule has 0 aromatic carbocycles. The fraction of sp³-hybridized carbons (Fsp3) is 0.714. The SMILES string of the molecule is CCC(=O)C(CC)C(=O)[O-]. The molecule has 0 saturated heterocycles. The van der Waals surface area contributed by atoms with Crippen molar-refractivity contribution in [2.45, 2.75) is 26.7 Å². The van der Waals surface area contributed by atoms with E-state index in [4.69, 9.17) is 0 Å². The van der Waals surface area contributed by atoms with E-state index in [-0.39, 0.29) is 12.2 Å². The molecule has 3 nitrogen and oxygen atoms in total. The van der Waals surface area contributed by atoms with Gasteiger partial charge in [0.15, 0.2) is 0 Å². The summed E-state index contributed by atoms with van der Waals surface area (Å²) < 4.78 is 0. The van der Waals surface area contributed by atoms with E-state index in [2.05, 4.69) is 0 Å². The Labute approximate surface area is 60.0 Å². The van der Waals surface area contributed by atoms with E-state index in [0.717, 1.165) is 0 Å². The van der Waals surface area contributed by atoms with Crippen molar-refractivity contribution in [3.63, 3.8) is 0 Å². The molecule has 0 spiro atoms. The first-order valence-corrected chi connectivity index (χ1v) is 3.37. The Hall–Kier alpha value is -0.860. The van der Waals surface area contributed by atoms with E-state index in [1.807, 2.05) is 0 Å². The van der Waals surface area contributed by atoms with Crippen LogP contribution in [0.3, 0.4) is 0 Å². The minimum absolute atomic E-state index is 0.248. The summed E-state index contributed by atoms with van der Waals surface area (Å²) in [4.78, 5) is 21.0. The van der Waals surface area contributed by atoms with Crippen LogP contribution in [-0.2, 0) is 9.59 Å². The normalized spacial score (nSPS) is 12.6. The number of rotatable bonds is 4. The lowest BCUT2D eigenvalue weighted by Crippen LogP contribution is -2.35. The van der Waals surface area contributed by atoms with Crippen molar-refractivity contribution in [3.05, 3.63) is 0 Å². The molecule has 0 aromatic heterocycles.